The first-order valence-corrected chi connectivity index (χ1v) is 14.0. The summed E-state index contributed by atoms with van der Waals surface area (Å²) in [6.07, 6.45) is 2.48. The topological polar surface area (TPSA) is 133 Å². The number of aryl methyl sites for hydroxylation is 1. The van der Waals surface area contributed by atoms with Gasteiger partial charge < -0.3 is 21.5 Å². The van der Waals surface area contributed by atoms with E-state index in [0.717, 1.165) is 52.4 Å². The molecule has 41 heavy (non-hydrogen) atoms. The zero-order valence-electron chi connectivity index (χ0n) is 24.4. The fourth-order valence-corrected chi connectivity index (χ4v) is 4.81. The van der Waals surface area contributed by atoms with Gasteiger partial charge in [-0.3, -0.25) is 9.59 Å². The molecule has 5 N–H and O–H groups in total. The molecular formula is C32H40FN5O3. The zero-order valence-corrected chi connectivity index (χ0v) is 24.4. The number of amidine groups is 1. The minimum absolute atomic E-state index is 0.0936. The Balaban J connectivity index is 0.000000868. The molecule has 0 saturated heterocycles. The van der Waals surface area contributed by atoms with Gasteiger partial charge in [-0.05, 0) is 86.7 Å². The maximum absolute atomic E-state index is 13.6. The Hall–Kier alpha value is -4.27. The number of carbonyl (C=O) groups excluding carboxylic acids is 2. The van der Waals surface area contributed by atoms with Crippen LogP contribution < -0.4 is 21.5 Å². The van der Waals surface area contributed by atoms with Crippen LogP contribution in [0.4, 0.5) is 10.1 Å². The smallest absolute Gasteiger partial charge is 0.251 e. The van der Waals surface area contributed by atoms with Crippen molar-refractivity contribution in [3.05, 3.63) is 76.7 Å². The Bertz CT molecular complexity index is 1380. The van der Waals surface area contributed by atoms with Gasteiger partial charge in [-0.15, -0.1) is 0 Å². The van der Waals surface area contributed by atoms with E-state index in [-0.39, 0.29) is 30.0 Å². The number of rotatable bonds is 7. The third kappa shape index (κ3) is 7.90. The van der Waals surface area contributed by atoms with Crippen molar-refractivity contribution in [3.8, 4) is 17.0 Å². The fraction of sp³-hybridized carbons (Fsp3) is 0.375. The molecule has 2 aliphatic rings. The van der Waals surface area contributed by atoms with Gasteiger partial charge in [0.1, 0.15) is 17.3 Å². The second-order valence-electron chi connectivity index (χ2n) is 10.1. The first-order valence-electron chi connectivity index (χ1n) is 14.0. The SMILES string of the molecule is CC.CC(N)=Nc1ccc(C(=O)NCC(c2cc3c(c(-c4ccc(F)cc4)n2)OCC3C)C2CC2)cc1C.NC=O. The van der Waals surface area contributed by atoms with Crippen LogP contribution in [0, 0.1) is 18.7 Å². The highest BCUT2D eigenvalue weighted by molar-refractivity contribution is 5.95. The van der Waals surface area contributed by atoms with Crippen molar-refractivity contribution in [2.75, 3.05) is 13.2 Å². The Morgan fingerprint density at radius 1 is 1.20 bits per heavy atom. The first-order chi connectivity index (χ1) is 19.7. The second-order valence-corrected chi connectivity index (χ2v) is 10.1. The molecule has 2 unspecified atom stereocenters. The molecule has 9 heteroatoms. The van der Waals surface area contributed by atoms with Crippen molar-refractivity contribution in [1.82, 2.24) is 10.3 Å². The van der Waals surface area contributed by atoms with Crippen molar-refractivity contribution < 1.29 is 18.7 Å². The molecule has 3 aromatic rings. The Morgan fingerprint density at radius 2 is 1.85 bits per heavy atom. The summed E-state index contributed by atoms with van der Waals surface area (Å²) in [5.74, 6) is 1.66. The van der Waals surface area contributed by atoms with Crippen molar-refractivity contribution in [3.63, 3.8) is 0 Å². The van der Waals surface area contributed by atoms with Crippen molar-refractivity contribution in [2.45, 2.75) is 59.3 Å². The maximum Gasteiger partial charge on any atom is 0.251 e. The molecule has 0 bridgehead atoms. The lowest BCUT2D eigenvalue weighted by molar-refractivity contribution is -0.106. The molecule has 2 atom stereocenters. The van der Waals surface area contributed by atoms with E-state index in [4.69, 9.17) is 20.2 Å². The van der Waals surface area contributed by atoms with E-state index < -0.39 is 0 Å². The van der Waals surface area contributed by atoms with Crippen LogP contribution in [-0.2, 0) is 4.79 Å². The molecule has 1 aliphatic heterocycles. The number of halogens is 1. The Morgan fingerprint density at radius 3 is 2.44 bits per heavy atom. The van der Waals surface area contributed by atoms with Gasteiger partial charge in [-0.1, -0.05) is 20.8 Å². The molecule has 8 nitrogen and oxygen atoms in total. The molecule has 2 heterocycles. The summed E-state index contributed by atoms with van der Waals surface area (Å²) >= 11 is 0. The Labute approximate surface area is 241 Å². The molecule has 218 valence electrons. The molecule has 1 saturated carbocycles. The van der Waals surface area contributed by atoms with E-state index in [1.54, 1.807) is 25.1 Å². The van der Waals surface area contributed by atoms with Crippen LogP contribution in [0.5, 0.6) is 5.75 Å². The van der Waals surface area contributed by atoms with Crippen molar-refractivity contribution in [1.29, 1.82) is 0 Å². The highest BCUT2D eigenvalue weighted by Crippen LogP contribution is 2.46. The number of aliphatic imine (C=N–C) groups is 1. The van der Waals surface area contributed by atoms with Gasteiger partial charge in [0.05, 0.1) is 18.1 Å². The van der Waals surface area contributed by atoms with E-state index in [2.05, 4.69) is 29.0 Å². The largest absolute Gasteiger partial charge is 0.490 e. The lowest BCUT2D eigenvalue weighted by Gasteiger charge is -2.20. The number of hydrogen-bond donors (Lipinski definition) is 3. The third-order valence-corrected chi connectivity index (χ3v) is 6.96. The number of carbonyl (C=O) groups is 2. The number of hydrogen-bond acceptors (Lipinski definition) is 5. The molecule has 2 amide bonds. The number of primary amides is 1. The quantitative estimate of drug-likeness (QED) is 0.192. The summed E-state index contributed by atoms with van der Waals surface area (Å²) in [5, 5.41) is 3.13. The van der Waals surface area contributed by atoms with Gasteiger partial charge in [-0.2, -0.15) is 0 Å². The molecule has 0 spiro atoms. The highest BCUT2D eigenvalue weighted by atomic mass is 19.1. The van der Waals surface area contributed by atoms with Crippen LogP contribution in [0.25, 0.3) is 11.3 Å². The number of nitrogens with two attached hydrogens (primary N) is 2. The predicted octanol–water partition coefficient (Wildman–Crippen LogP) is 5.75. The number of fused-ring (bicyclic) bond motifs is 1. The van der Waals surface area contributed by atoms with Crippen LogP contribution >= 0.6 is 0 Å². The molecule has 5 rings (SSSR count). The maximum atomic E-state index is 13.6. The number of nitrogens with one attached hydrogen (secondary N) is 1. The van der Waals surface area contributed by atoms with Gasteiger partial charge in [0.25, 0.3) is 5.91 Å². The summed E-state index contributed by atoms with van der Waals surface area (Å²) in [7, 11) is 0. The number of aromatic nitrogens is 1. The van der Waals surface area contributed by atoms with Crippen LogP contribution in [0.15, 0.2) is 53.5 Å². The lowest BCUT2D eigenvalue weighted by Crippen LogP contribution is -2.29. The summed E-state index contributed by atoms with van der Waals surface area (Å²) in [6, 6.07) is 13.9. The van der Waals surface area contributed by atoms with Crippen LogP contribution in [0.2, 0.25) is 0 Å². The number of amides is 2. The molecule has 2 aromatic carbocycles. The van der Waals surface area contributed by atoms with Gasteiger partial charge in [0.15, 0.2) is 0 Å². The number of ether oxygens (including phenoxy) is 1. The van der Waals surface area contributed by atoms with Crippen molar-refractivity contribution >= 4 is 23.8 Å². The first kappa shape index (κ1) is 31.3. The summed E-state index contributed by atoms with van der Waals surface area (Å²) < 4.78 is 19.6. The minimum Gasteiger partial charge on any atom is -0.490 e. The standard InChI is InChI=1S/C29H31FN4O2.C2H6.CH3NO/c1-16-12-21(8-11-25(16)33-18(3)31)29(35)32-14-24(19-4-5-19)26-13-23-17(2)15-36-28(23)27(34-26)20-6-9-22(30)10-7-20;1-2;2-1-3/h6-13,17,19,24H,4-5,14-15H2,1-3H3,(H2,31,33)(H,32,35);1-2H3;1H,(H2,2,3). The number of pyridine rings is 1. The second kappa shape index (κ2) is 14.4. The normalized spacial score (nSPS) is 16.1. The van der Waals surface area contributed by atoms with Crippen LogP contribution in [-0.4, -0.2) is 36.3 Å². The van der Waals surface area contributed by atoms with Crippen molar-refractivity contribution in [2.24, 2.45) is 22.4 Å². The highest BCUT2D eigenvalue weighted by Gasteiger charge is 2.36. The summed E-state index contributed by atoms with van der Waals surface area (Å²) in [4.78, 5) is 30.9. The summed E-state index contributed by atoms with van der Waals surface area (Å²) in [5.41, 5.74) is 15.7. The van der Waals surface area contributed by atoms with E-state index in [9.17, 15) is 9.18 Å². The average molecular weight is 562 g/mol. The minimum atomic E-state index is -0.285. The van der Waals surface area contributed by atoms with Gasteiger partial charge in [0, 0.05) is 40.8 Å². The Kier molecular flexibility index (Phi) is 11.0. The molecule has 0 radical (unpaired) electrons. The zero-order chi connectivity index (χ0) is 30.1. The summed E-state index contributed by atoms with van der Waals surface area (Å²) in [6.45, 7) is 10.9. The molecule has 1 aliphatic carbocycles. The average Bonchev–Trinajstić information content (AvgIpc) is 3.73. The number of benzene rings is 2. The predicted molar refractivity (Wildman–Crippen MR) is 161 cm³/mol. The van der Waals surface area contributed by atoms with E-state index >= 15 is 0 Å². The van der Waals surface area contributed by atoms with Crippen LogP contribution in [0.3, 0.4) is 0 Å². The van der Waals surface area contributed by atoms with E-state index in [1.165, 1.54) is 12.1 Å². The van der Waals surface area contributed by atoms with Gasteiger partial charge in [-0.25, -0.2) is 14.4 Å². The molecule has 1 fully saturated rings. The fourth-order valence-electron chi connectivity index (χ4n) is 4.81. The van der Waals surface area contributed by atoms with Crippen LogP contribution in [0.1, 0.15) is 79.6 Å². The monoisotopic (exact) mass is 561 g/mol. The third-order valence-electron chi connectivity index (χ3n) is 6.96. The molecule has 1 aromatic heterocycles. The lowest BCUT2D eigenvalue weighted by atomic mass is 9.93. The van der Waals surface area contributed by atoms with Gasteiger partial charge in [0.2, 0.25) is 6.41 Å². The van der Waals surface area contributed by atoms with E-state index in [1.807, 2.05) is 32.9 Å². The van der Waals surface area contributed by atoms with Gasteiger partial charge >= 0.3 is 0 Å². The van der Waals surface area contributed by atoms with E-state index in [0.29, 0.717) is 30.5 Å². The number of nitrogens with zero attached hydrogens (tertiary/aromatic N) is 2. The molecular weight excluding hydrogens is 521 g/mol.